The van der Waals surface area contributed by atoms with Crippen molar-refractivity contribution in [2.45, 2.75) is 17.8 Å². The standard InChI is InChI=1S/C14H13Cl2FN4O/c1-8-3-4-9(7-10(8)17)11(12(15)16)20-14(22)21-13-18-5-2-6-19-13/h2-7,11-12H,1H3,(H2,18,19,20,21,22)/t11-/m0/s1. The number of aromatic nitrogens is 2. The van der Waals surface area contributed by atoms with E-state index in [1.54, 1.807) is 25.1 Å². The molecule has 0 fully saturated rings. The Balaban J connectivity index is 2.11. The number of amides is 2. The van der Waals surface area contributed by atoms with Gasteiger partial charge in [0.25, 0.3) is 0 Å². The van der Waals surface area contributed by atoms with Crippen LogP contribution in [0.2, 0.25) is 0 Å². The zero-order chi connectivity index (χ0) is 16.1. The Morgan fingerprint density at radius 1 is 1.27 bits per heavy atom. The average Bonchev–Trinajstić information content (AvgIpc) is 2.48. The second kappa shape index (κ2) is 7.38. The maximum atomic E-state index is 13.7. The van der Waals surface area contributed by atoms with Crippen molar-refractivity contribution >= 4 is 35.2 Å². The summed E-state index contributed by atoms with van der Waals surface area (Å²) in [5, 5.41) is 5.01. The van der Waals surface area contributed by atoms with Crippen LogP contribution in [0.5, 0.6) is 0 Å². The Bertz CT molecular complexity index is 655. The lowest BCUT2D eigenvalue weighted by Crippen LogP contribution is -2.36. The first-order valence-corrected chi connectivity index (χ1v) is 7.23. The molecule has 0 radical (unpaired) electrons. The number of urea groups is 1. The van der Waals surface area contributed by atoms with Gasteiger partial charge in [-0.05, 0) is 30.2 Å². The first kappa shape index (κ1) is 16.5. The van der Waals surface area contributed by atoms with Crippen molar-refractivity contribution in [2.75, 3.05) is 5.32 Å². The molecule has 0 bridgehead atoms. The molecule has 0 saturated carbocycles. The van der Waals surface area contributed by atoms with E-state index >= 15 is 0 Å². The van der Waals surface area contributed by atoms with E-state index in [1.165, 1.54) is 18.5 Å². The third-order valence-corrected chi connectivity index (χ3v) is 3.39. The number of halogens is 3. The maximum absolute atomic E-state index is 13.7. The Hall–Kier alpha value is -1.92. The summed E-state index contributed by atoms with van der Waals surface area (Å²) in [6, 6.07) is 4.78. The lowest BCUT2D eigenvalue weighted by atomic mass is 10.1. The van der Waals surface area contributed by atoms with Crippen LogP contribution in [-0.2, 0) is 0 Å². The monoisotopic (exact) mass is 342 g/mol. The molecule has 1 atom stereocenters. The highest BCUT2D eigenvalue weighted by Gasteiger charge is 2.22. The number of hydrogen-bond donors (Lipinski definition) is 2. The minimum Gasteiger partial charge on any atom is -0.328 e. The predicted molar refractivity (Wildman–Crippen MR) is 83.6 cm³/mol. The van der Waals surface area contributed by atoms with Gasteiger partial charge in [0.05, 0.1) is 6.04 Å². The van der Waals surface area contributed by atoms with E-state index in [1.807, 2.05) is 0 Å². The predicted octanol–water partition coefficient (Wildman–Crippen LogP) is 3.59. The number of anilines is 1. The van der Waals surface area contributed by atoms with Crippen LogP contribution < -0.4 is 10.6 Å². The molecule has 2 N–H and O–H groups in total. The second-order valence-corrected chi connectivity index (χ2v) is 5.66. The van der Waals surface area contributed by atoms with Gasteiger partial charge in [-0.3, -0.25) is 5.32 Å². The molecule has 8 heteroatoms. The van der Waals surface area contributed by atoms with Crippen LogP contribution in [0.4, 0.5) is 15.1 Å². The summed E-state index contributed by atoms with van der Waals surface area (Å²) in [4.78, 5) is 18.7. The largest absolute Gasteiger partial charge is 0.328 e. The van der Waals surface area contributed by atoms with E-state index in [0.29, 0.717) is 11.1 Å². The number of hydrogen-bond acceptors (Lipinski definition) is 3. The molecule has 1 aromatic carbocycles. The van der Waals surface area contributed by atoms with Gasteiger partial charge in [0, 0.05) is 12.4 Å². The molecule has 0 aliphatic heterocycles. The first-order chi connectivity index (χ1) is 10.5. The molecule has 2 rings (SSSR count). The number of aryl methyl sites for hydroxylation is 1. The molecule has 5 nitrogen and oxygen atoms in total. The van der Waals surface area contributed by atoms with E-state index in [0.717, 1.165) is 0 Å². The van der Waals surface area contributed by atoms with Crippen LogP contribution >= 0.6 is 23.2 Å². The molecular weight excluding hydrogens is 330 g/mol. The van der Waals surface area contributed by atoms with E-state index in [2.05, 4.69) is 20.6 Å². The number of nitrogens with zero attached hydrogens (tertiary/aromatic N) is 2. The normalized spacial score (nSPS) is 12.0. The van der Waals surface area contributed by atoms with Crippen molar-refractivity contribution in [3.8, 4) is 0 Å². The van der Waals surface area contributed by atoms with Crippen LogP contribution in [0.15, 0.2) is 36.7 Å². The number of nitrogens with one attached hydrogen (secondary N) is 2. The van der Waals surface area contributed by atoms with Crippen LogP contribution in [0.3, 0.4) is 0 Å². The minimum absolute atomic E-state index is 0.134. The first-order valence-electron chi connectivity index (χ1n) is 6.36. The van der Waals surface area contributed by atoms with Crippen molar-refractivity contribution in [3.63, 3.8) is 0 Å². The minimum atomic E-state index is -0.954. The average molecular weight is 343 g/mol. The molecule has 0 aliphatic carbocycles. The molecule has 1 aromatic heterocycles. The van der Waals surface area contributed by atoms with Gasteiger partial charge in [0.1, 0.15) is 10.7 Å². The van der Waals surface area contributed by atoms with Crippen LogP contribution in [0.25, 0.3) is 0 Å². The third kappa shape index (κ3) is 4.29. The van der Waals surface area contributed by atoms with Crippen molar-refractivity contribution < 1.29 is 9.18 Å². The summed E-state index contributed by atoms with van der Waals surface area (Å²) in [5.41, 5.74) is 0.951. The van der Waals surface area contributed by atoms with Crippen molar-refractivity contribution in [3.05, 3.63) is 53.6 Å². The van der Waals surface area contributed by atoms with Gasteiger partial charge in [-0.2, -0.15) is 0 Å². The highest BCUT2D eigenvalue weighted by Crippen LogP contribution is 2.25. The molecule has 2 aromatic rings. The van der Waals surface area contributed by atoms with E-state index in [4.69, 9.17) is 23.2 Å². The number of carbonyl (C=O) groups is 1. The zero-order valence-electron chi connectivity index (χ0n) is 11.6. The van der Waals surface area contributed by atoms with Crippen LogP contribution in [0.1, 0.15) is 17.2 Å². The fraction of sp³-hybridized carbons (Fsp3) is 0.214. The lowest BCUT2D eigenvalue weighted by molar-refractivity contribution is 0.249. The highest BCUT2D eigenvalue weighted by atomic mass is 35.5. The van der Waals surface area contributed by atoms with Gasteiger partial charge in [0.15, 0.2) is 0 Å². The number of rotatable bonds is 4. The quantitative estimate of drug-likeness (QED) is 0.834. The van der Waals surface area contributed by atoms with Crippen molar-refractivity contribution in [1.82, 2.24) is 15.3 Å². The molecule has 0 saturated heterocycles. The number of benzene rings is 1. The second-order valence-electron chi connectivity index (χ2n) is 4.49. The van der Waals surface area contributed by atoms with Gasteiger partial charge in [-0.1, -0.05) is 12.1 Å². The Kier molecular flexibility index (Phi) is 5.51. The summed E-state index contributed by atoms with van der Waals surface area (Å²) in [7, 11) is 0. The van der Waals surface area contributed by atoms with E-state index in [-0.39, 0.29) is 5.95 Å². The topological polar surface area (TPSA) is 66.9 Å². The molecule has 22 heavy (non-hydrogen) atoms. The van der Waals surface area contributed by atoms with Gasteiger partial charge in [-0.25, -0.2) is 19.2 Å². The van der Waals surface area contributed by atoms with Crippen molar-refractivity contribution in [2.24, 2.45) is 0 Å². The van der Waals surface area contributed by atoms with Gasteiger partial charge in [0.2, 0.25) is 5.95 Å². The zero-order valence-corrected chi connectivity index (χ0v) is 13.1. The summed E-state index contributed by atoms with van der Waals surface area (Å²) >= 11 is 11.8. The Labute approximate surface area is 136 Å². The van der Waals surface area contributed by atoms with Crippen molar-refractivity contribution in [1.29, 1.82) is 0 Å². The van der Waals surface area contributed by atoms with Gasteiger partial charge >= 0.3 is 6.03 Å². The molecule has 0 aliphatic rings. The molecule has 2 amide bonds. The number of carbonyl (C=O) groups excluding carboxylic acids is 1. The maximum Gasteiger partial charge on any atom is 0.322 e. The summed E-state index contributed by atoms with van der Waals surface area (Å²) < 4.78 is 13.7. The summed E-state index contributed by atoms with van der Waals surface area (Å²) in [5.74, 6) is -0.264. The van der Waals surface area contributed by atoms with E-state index in [9.17, 15) is 9.18 Å². The highest BCUT2D eigenvalue weighted by molar-refractivity contribution is 6.44. The molecule has 1 heterocycles. The number of alkyl halides is 2. The molecule has 116 valence electrons. The van der Waals surface area contributed by atoms with E-state index < -0.39 is 22.7 Å². The smallest absolute Gasteiger partial charge is 0.322 e. The van der Waals surface area contributed by atoms with Gasteiger partial charge in [-0.15, -0.1) is 23.2 Å². The molecular formula is C14H13Cl2FN4O. The fourth-order valence-electron chi connectivity index (χ4n) is 1.74. The summed E-state index contributed by atoms with van der Waals surface area (Å²) in [6.45, 7) is 1.64. The fourth-order valence-corrected chi connectivity index (χ4v) is 2.15. The lowest BCUT2D eigenvalue weighted by Gasteiger charge is -2.20. The SMILES string of the molecule is Cc1ccc([C@H](NC(=O)Nc2ncccn2)C(Cl)Cl)cc1F. The molecule has 0 unspecified atom stereocenters. The molecule has 0 spiro atoms. The van der Waals surface area contributed by atoms with Crippen LogP contribution in [-0.4, -0.2) is 20.8 Å². The van der Waals surface area contributed by atoms with Crippen LogP contribution in [0, 0.1) is 12.7 Å². The summed E-state index contributed by atoms with van der Waals surface area (Å²) in [6.07, 6.45) is 2.97. The third-order valence-electron chi connectivity index (χ3n) is 2.88. The Morgan fingerprint density at radius 2 is 1.95 bits per heavy atom. The van der Waals surface area contributed by atoms with Gasteiger partial charge < -0.3 is 5.32 Å². The Morgan fingerprint density at radius 3 is 2.55 bits per heavy atom.